The van der Waals surface area contributed by atoms with Crippen LogP contribution in [-0.4, -0.2) is 23.5 Å². The summed E-state index contributed by atoms with van der Waals surface area (Å²) in [5.41, 5.74) is -0.737. The number of carbonyl (C=O) groups is 2. The zero-order chi connectivity index (χ0) is 10.6. The Kier molecular flexibility index (Phi) is 3.28. The van der Waals surface area contributed by atoms with Crippen LogP contribution in [0.15, 0.2) is 12.7 Å². The number of nitrogens with one attached hydrogen (secondary N) is 1. The molecular weight excluding hydrogens is 182 g/mol. The zero-order valence-corrected chi connectivity index (χ0v) is 8.08. The second kappa shape index (κ2) is 4.26. The molecule has 1 aliphatic rings. The van der Waals surface area contributed by atoms with E-state index in [1.165, 1.54) is 0 Å². The molecule has 0 radical (unpaired) electrons. The standard InChI is InChI=1S/C10H15NO3/c1-2-8(12)11-7-10(9(13)14)5-3-4-6-10/h2H,1,3-7H2,(H,11,12)(H,13,14). The molecule has 0 spiro atoms. The van der Waals surface area contributed by atoms with E-state index in [4.69, 9.17) is 5.11 Å². The van der Waals surface area contributed by atoms with E-state index >= 15 is 0 Å². The molecule has 0 aromatic rings. The Morgan fingerprint density at radius 3 is 2.43 bits per heavy atom. The van der Waals surface area contributed by atoms with Crippen molar-refractivity contribution < 1.29 is 14.7 Å². The topological polar surface area (TPSA) is 66.4 Å². The van der Waals surface area contributed by atoms with E-state index in [1.807, 2.05) is 0 Å². The monoisotopic (exact) mass is 197 g/mol. The second-order valence-electron chi connectivity index (χ2n) is 3.71. The fourth-order valence-corrected chi connectivity index (χ4v) is 1.85. The van der Waals surface area contributed by atoms with Gasteiger partial charge in [0, 0.05) is 6.54 Å². The number of hydrogen-bond acceptors (Lipinski definition) is 2. The number of carboxylic acids is 1. The Bertz CT molecular complexity index is 254. The van der Waals surface area contributed by atoms with Crippen molar-refractivity contribution in [2.24, 2.45) is 5.41 Å². The van der Waals surface area contributed by atoms with Gasteiger partial charge in [-0.2, -0.15) is 0 Å². The SMILES string of the molecule is C=CC(=O)NCC1(C(=O)O)CCCC1. The molecule has 1 fully saturated rings. The Balaban J connectivity index is 2.56. The van der Waals surface area contributed by atoms with Crippen LogP contribution in [0.25, 0.3) is 0 Å². The molecule has 0 saturated heterocycles. The predicted molar refractivity (Wildman–Crippen MR) is 51.7 cm³/mol. The summed E-state index contributed by atoms with van der Waals surface area (Å²) in [4.78, 5) is 22.0. The third-order valence-electron chi connectivity index (χ3n) is 2.80. The van der Waals surface area contributed by atoms with Gasteiger partial charge in [-0.3, -0.25) is 9.59 Å². The lowest BCUT2D eigenvalue weighted by Gasteiger charge is -2.23. The van der Waals surface area contributed by atoms with E-state index < -0.39 is 11.4 Å². The maximum Gasteiger partial charge on any atom is 0.311 e. The van der Waals surface area contributed by atoms with E-state index in [0.29, 0.717) is 12.8 Å². The van der Waals surface area contributed by atoms with Crippen molar-refractivity contribution in [1.29, 1.82) is 0 Å². The first-order valence-corrected chi connectivity index (χ1v) is 4.74. The first kappa shape index (κ1) is 10.8. The third kappa shape index (κ3) is 2.13. The Morgan fingerprint density at radius 2 is 2.00 bits per heavy atom. The molecule has 4 heteroatoms. The van der Waals surface area contributed by atoms with Crippen molar-refractivity contribution in [2.45, 2.75) is 25.7 Å². The second-order valence-corrected chi connectivity index (χ2v) is 3.71. The highest BCUT2D eigenvalue weighted by molar-refractivity contribution is 5.87. The van der Waals surface area contributed by atoms with Gasteiger partial charge >= 0.3 is 5.97 Å². The van der Waals surface area contributed by atoms with Gasteiger partial charge in [-0.15, -0.1) is 0 Å². The van der Waals surface area contributed by atoms with E-state index in [-0.39, 0.29) is 12.5 Å². The van der Waals surface area contributed by atoms with Crippen molar-refractivity contribution >= 4 is 11.9 Å². The summed E-state index contributed by atoms with van der Waals surface area (Å²) >= 11 is 0. The molecule has 0 unspecified atom stereocenters. The average molecular weight is 197 g/mol. The quantitative estimate of drug-likeness (QED) is 0.659. The fraction of sp³-hybridized carbons (Fsp3) is 0.600. The highest BCUT2D eigenvalue weighted by atomic mass is 16.4. The molecule has 14 heavy (non-hydrogen) atoms. The summed E-state index contributed by atoms with van der Waals surface area (Å²) in [6, 6.07) is 0. The first-order valence-electron chi connectivity index (χ1n) is 4.74. The fourth-order valence-electron chi connectivity index (χ4n) is 1.85. The number of hydrogen-bond donors (Lipinski definition) is 2. The average Bonchev–Trinajstić information content (AvgIpc) is 2.64. The highest BCUT2D eigenvalue weighted by Gasteiger charge is 2.41. The Labute approximate surface area is 83.0 Å². The van der Waals surface area contributed by atoms with Gasteiger partial charge in [0.15, 0.2) is 0 Å². The van der Waals surface area contributed by atoms with Gasteiger partial charge < -0.3 is 10.4 Å². The van der Waals surface area contributed by atoms with E-state index in [9.17, 15) is 9.59 Å². The number of rotatable bonds is 4. The summed E-state index contributed by atoms with van der Waals surface area (Å²) in [7, 11) is 0. The lowest BCUT2D eigenvalue weighted by molar-refractivity contribution is -0.148. The smallest absolute Gasteiger partial charge is 0.311 e. The normalized spacial score (nSPS) is 18.9. The minimum Gasteiger partial charge on any atom is -0.481 e. The van der Waals surface area contributed by atoms with Crippen LogP contribution in [-0.2, 0) is 9.59 Å². The van der Waals surface area contributed by atoms with Crippen LogP contribution in [0.5, 0.6) is 0 Å². The van der Waals surface area contributed by atoms with Crippen LogP contribution >= 0.6 is 0 Å². The number of aliphatic carboxylic acids is 1. The number of carboxylic acid groups (broad SMARTS) is 1. The number of carbonyl (C=O) groups excluding carboxylic acids is 1. The Hall–Kier alpha value is -1.32. The molecule has 1 aliphatic carbocycles. The largest absolute Gasteiger partial charge is 0.481 e. The van der Waals surface area contributed by atoms with Gasteiger partial charge in [0.25, 0.3) is 0 Å². The molecule has 78 valence electrons. The molecule has 1 rings (SSSR count). The molecular formula is C10H15NO3. The van der Waals surface area contributed by atoms with E-state index in [1.54, 1.807) is 0 Å². The minimum absolute atomic E-state index is 0.215. The molecule has 4 nitrogen and oxygen atoms in total. The molecule has 0 atom stereocenters. The van der Waals surface area contributed by atoms with Crippen molar-refractivity contribution in [3.05, 3.63) is 12.7 Å². The van der Waals surface area contributed by atoms with Crippen molar-refractivity contribution in [2.75, 3.05) is 6.54 Å². The highest BCUT2D eigenvalue weighted by Crippen LogP contribution is 2.37. The molecule has 1 saturated carbocycles. The van der Waals surface area contributed by atoms with E-state index in [2.05, 4.69) is 11.9 Å². The molecule has 1 amide bonds. The maximum absolute atomic E-state index is 11.0. The summed E-state index contributed by atoms with van der Waals surface area (Å²) < 4.78 is 0. The molecule has 0 aromatic carbocycles. The van der Waals surface area contributed by atoms with Crippen LogP contribution in [0.1, 0.15) is 25.7 Å². The lowest BCUT2D eigenvalue weighted by atomic mass is 9.86. The molecule has 0 aromatic heterocycles. The van der Waals surface area contributed by atoms with Crippen molar-refractivity contribution in [1.82, 2.24) is 5.32 Å². The van der Waals surface area contributed by atoms with Gasteiger partial charge in [-0.05, 0) is 18.9 Å². The Morgan fingerprint density at radius 1 is 1.43 bits per heavy atom. The third-order valence-corrected chi connectivity index (χ3v) is 2.80. The van der Waals surface area contributed by atoms with Gasteiger partial charge in [-0.1, -0.05) is 19.4 Å². The van der Waals surface area contributed by atoms with Crippen molar-refractivity contribution in [3.63, 3.8) is 0 Å². The predicted octanol–water partition coefficient (Wildman–Crippen LogP) is 0.934. The van der Waals surface area contributed by atoms with Gasteiger partial charge in [0.1, 0.15) is 0 Å². The summed E-state index contributed by atoms with van der Waals surface area (Å²) in [5, 5.41) is 11.6. The maximum atomic E-state index is 11.0. The van der Waals surface area contributed by atoms with Crippen LogP contribution in [0.3, 0.4) is 0 Å². The number of amides is 1. The minimum atomic E-state index is -0.806. The summed E-state index contributed by atoms with van der Waals surface area (Å²) in [6.07, 6.45) is 4.32. The molecule has 0 aliphatic heterocycles. The van der Waals surface area contributed by atoms with Crippen LogP contribution in [0.4, 0.5) is 0 Å². The lowest BCUT2D eigenvalue weighted by Crippen LogP contribution is -2.40. The zero-order valence-electron chi connectivity index (χ0n) is 8.08. The van der Waals surface area contributed by atoms with Crippen LogP contribution in [0.2, 0.25) is 0 Å². The van der Waals surface area contributed by atoms with Crippen LogP contribution < -0.4 is 5.32 Å². The molecule has 0 heterocycles. The van der Waals surface area contributed by atoms with Gasteiger partial charge in [-0.25, -0.2) is 0 Å². The summed E-state index contributed by atoms with van der Waals surface area (Å²) in [5.74, 6) is -1.11. The van der Waals surface area contributed by atoms with Gasteiger partial charge in [0.05, 0.1) is 5.41 Å². The molecule has 2 N–H and O–H groups in total. The van der Waals surface area contributed by atoms with E-state index in [0.717, 1.165) is 18.9 Å². The molecule has 0 bridgehead atoms. The summed E-state index contributed by atoms with van der Waals surface area (Å²) in [6.45, 7) is 3.53. The first-order chi connectivity index (χ1) is 6.60. The van der Waals surface area contributed by atoms with Gasteiger partial charge in [0.2, 0.25) is 5.91 Å². The van der Waals surface area contributed by atoms with Crippen LogP contribution in [0, 0.1) is 5.41 Å². The van der Waals surface area contributed by atoms with Crippen molar-refractivity contribution in [3.8, 4) is 0 Å².